The van der Waals surface area contributed by atoms with Crippen LogP contribution in [0.4, 0.5) is 4.39 Å². The molecule has 0 bridgehead atoms. The predicted molar refractivity (Wildman–Crippen MR) is 66.6 cm³/mol. The van der Waals surface area contributed by atoms with Gasteiger partial charge in [0.25, 0.3) is 0 Å². The molecule has 0 aromatic heterocycles. The van der Waals surface area contributed by atoms with Gasteiger partial charge < -0.3 is 5.11 Å². The Morgan fingerprint density at radius 3 is 2.94 bits per heavy atom. The van der Waals surface area contributed by atoms with Crippen LogP contribution in [0.5, 0.6) is 0 Å². The molecular weight excluding hydrogens is 241 g/mol. The van der Waals surface area contributed by atoms with Crippen LogP contribution in [-0.4, -0.2) is 29.7 Å². The summed E-state index contributed by atoms with van der Waals surface area (Å²) in [7, 11) is 0. The third-order valence-electron chi connectivity index (χ3n) is 3.35. The molecule has 0 spiro atoms. The molecule has 0 radical (unpaired) electrons. The summed E-state index contributed by atoms with van der Waals surface area (Å²) in [5.74, 6) is 0.145. The zero-order chi connectivity index (χ0) is 12.4. The van der Waals surface area contributed by atoms with E-state index < -0.39 is 0 Å². The Bertz CT molecular complexity index is 411. The van der Waals surface area contributed by atoms with E-state index in [4.69, 9.17) is 16.7 Å². The molecule has 1 unspecified atom stereocenters. The van der Waals surface area contributed by atoms with Crippen molar-refractivity contribution in [2.45, 2.75) is 19.9 Å². The Morgan fingerprint density at radius 2 is 2.29 bits per heavy atom. The van der Waals surface area contributed by atoms with Gasteiger partial charge in [0.2, 0.25) is 0 Å². The molecule has 4 heteroatoms. The molecular formula is C13H17ClFNO. The maximum absolute atomic E-state index is 13.5. The molecule has 1 heterocycles. The van der Waals surface area contributed by atoms with Gasteiger partial charge in [0.05, 0.1) is 0 Å². The van der Waals surface area contributed by atoms with Crippen molar-refractivity contribution in [3.8, 4) is 0 Å². The average Bonchev–Trinajstić information content (AvgIpc) is 2.73. The fraction of sp³-hybridized carbons (Fsp3) is 0.538. The first-order valence-electron chi connectivity index (χ1n) is 5.88. The third kappa shape index (κ3) is 2.97. The second kappa shape index (κ2) is 5.34. The van der Waals surface area contributed by atoms with Gasteiger partial charge in [0.15, 0.2) is 0 Å². The van der Waals surface area contributed by atoms with Crippen molar-refractivity contribution in [3.05, 3.63) is 34.1 Å². The summed E-state index contributed by atoms with van der Waals surface area (Å²) < 4.78 is 13.5. The highest BCUT2D eigenvalue weighted by Crippen LogP contribution is 2.24. The smallest absolute Gasteiger partial charge is 0.126 e. The predicted octanol–water partition coefficient (Wildman–Crippen LogP) is 2.60. The number of aliphatic hydroxyl groups is 1. The lowest BCUT2D eigenvalue weighted by atomic mass is 10.1. The lowest BCUT2D eigenvalue weighted by Gasteiger charge is -2.17. The highest BCUT2D eigenvalue weighted by atomic mass is 35.5. The Balaban J connectivity index is 2.06. The van der Waals surface area contributed by atoms with Crippen molar-refractivity contribution in [3.63, 3.8) is 0 Å². The van der Waals surface area contributed by atoms with Crippen LogP contribution in [0.2, 0.25) is 5.02 Å². The Hall–Kier alpha value is -0.640. The van der Waals surface area contributed by atoms with Crippen LogP contribution >= 0.6 is 11.6 Å². The fourth-order valence-corrected chi connectivity index (χ4v) is 2.53. The normalized spacial score (nSPS) is 21.1. The summed E-state index contributed by atoms with van der Waals surface area (Å²) in [6, 6.07) is 3.19. The minimum atomic E-state index is -0.206. The number of nitrogens with zero attached hydrogens (tertiary/aromatic N) is 1. The Labute approximate surface area is 106 Å². The molecule has 1 N–H and O–H groups in total. The van der Waals surface area contributed by atoms with E-state index in [9.17, 15) is 4.39 Å². The van der Waals surface area contributed by atoms with E-state index in [1.807, 2.05) is 0 Å². The van der Waals surface area contributed by atoms with Crippen molar-refractivity contribution in [2.24, 2.45) is 5.92 Å². The lowest BCUT2D eigenvalue weighted by Crippen LogP contribution is -2.21. The maximum atomic E-state index is 13.5. The largest absolute Gasteiger partial charge is 0.396 e. The molecule has 2 nitrogen and oxygen atoms in total. The number of halogens is 2. The van der Waals surface area contributed by atoms with Crippen LogP contribution in [-0.2, 0) is 6.54 Å². The van der Waals surface area contributed by atoms with Crippen LogP contribution < -0.4 is 0 Å². The van der Waals surface area contributed by atoms with Gasteiger partial charge in [-0.15, -0.1) is 0 Å². The monoisotopic (exact) mass is 257 g/mol. The molecule has 1 aromatic rings. The zero-order valence-corrected chi connectivity index (χ0v) is 10.7. The highest BCUT2D eigenvalue weighted by molar-refractivity contribution is 6.31. The summed E-state index contributed by atoms with van der Waals surface area (Å²) in [5, 5.41) is 9.69. The van der Waals surface area contributed by atoms with E-state index in [2.05, 4.69) is 4.90 Å². The molecule has 94 valence electrons. The number of hydrogen-bond acceptors (Lipinski definition) is 2. The van der Waals surface area contributed by atoms with Crippen LogP contribution in [0.15, 0.2) is 12.1 Å². The third-order valence-corrected chi connectivity index (χ3v) is 3.70. The highest BCUT2D eigenvalue weighted by Gasteiger charge is 2.22. The molecule has 0 saturated carbocycles. The second-order valence-electron chi connectivity index (χ2n) is 4.77. The SMILES string of the molecule is Cc1cc(Cl)c(CN2CCC(CO)C2)cc1F. The van der Waals surface area contributed by atoms with Gasteiger partial charge in [0, 0.05) is 24.7 Å². The standard InChI is InChI=1S/C13H17ClFNO/c1-9-4-12(14)11(5-13(9)15)7-16-3-2-10(6-16)8-17/h4-5,10,17H,2-3,6-8H2,1H3. The Morgan fingerprint density at radius 1 is 1.53 bits per heavy atom. The van der Waals surface area contributed by atoms with Gasteiger partial charge in [0.1, 0.15) is 5.82 Å². The molecule has 1 aliphatic rings. The summed E-state index contributed by atoms with van der Waals surface area (Å²) in [6.07, 6.45) is 1.00. The molecule has 0 aliphatic carbocycles. The van der Waals surface area contributed by atoms with E-state index in [1.165, 1.54) is 6.07 Å². The molecule has 2 rings (SSSR count). The van der Waals surface area contributed by atoms with E-state index in [0.717, 1.165) is 25.1 Å². The number of benzene rings is 1. The summed E-state index contributed by atoms with van der Waals surface area (Å²) in [4.78, 5) is 2.21. The fourth-order valence-electron chi connectivity index (χ4n) is 2.26. The van der Waals surface area contributed by atoms with Gasteiger partial charge in [-0.1, -0.05) is 11.6 Å². The maximum Gasteiger partial charge on any atom is 0.126 e. The molecule has 1 aliphatic heterocycles. The molecule has 1 atom stereocenters. The molecule has 1 saturated heterocycles. The van der Waals surface area contributed by atoms with Gasteiger partial charge >= 0.3 is 0 Å². The van der Waals surface area contributed by atoms with E-state index in [-0.39, 0.29) is 12.4 Å². The van der Waals surface area contributed by atoms with E-state index in [1.54, 1.807) is 13.0 Å². The second-order valence-corrected chi connectivity index (χ2v) is 5.17. The van der Waals surface area contributed by atoms with Crippen molar-refractivity contribution in [2.75, 3.05) is 19.7 Å². The van der Waals surface area contributed by atoms with Crippen molar-refractivity contribution in [1.29, 1.82) is 0 Å². The zero-order valence-electron chi connectivity index (χ0n) is 9.92. The topological polar surface area (TPSA) is 23.5 Å². The van der Waals surface area contributed by atoms with Crippen LogP contribution in [0.3, 0.4) is 0 Å². The van der Waals surface area contributed by atoms with Gasteiger partial charge in [-0.3, -0.25) is 4.90 Å². The van der Waals surface area contributed by atoms with Gasteiger partial charge in [-0.2, -0.15) is 0 Å². The average molecular weight is 258 g/mol. The number of aliphatic hydroxyl groups excluding tert-OH is 1. The quantitative estimate of drug-likeness (QED) is 0.900. The molecule has 17 heavy (non-hydrogen) atoms. The summed E-state index contributed by atoms with van der Waals surface area (Å²) >= 11 is 6.11. The molecule has 1 aromatic carbocycles. The summed E-state index contributed by atoms with van der Waals surface area (Å²) in [5.41, 5.74) is 1.40. The number of rotatable bonds is 3. The minimum Gasteiger partial charge on any atom is -0.396 e. The molecule has 0 amide bonds. The molecule has 1 fully saturated rings. The first-order chi connectivity index (χ1) is 8.10. The Kier molecular flexibility index (Phi) is 4.02. The van der Waals surface area contributed by atoms with Crippen LogP contribution in [0.1, 0.15) is 17.5 Å². The first kappa shape index (κ1) is 12.8. The lowest BCUT2D eigenvalue weighted by molar-refractivity contribution is 0.220. The number of likely N-dealkylation sites (tertiary alicyclic amines) is 1. The van der Waals surface area contributed by atoms with Crippen molar-refractivity contribution >= 4 is 11.6 Å². The first-order valence-corrected chi connectivity index (χ1v) is 6.25. The van der Waals surface area contributed by atoms with Crippen molar-refractivity contribution < 1.29 is 9.50 Å². The van der Waals surface area contributed by atoms with Crippen molar-refractivity contribution in [1.82, 2.24) is 4.90 Å². The minimum absolute atomic E-state index is 0.206. The van der Waals surface area contributed by atoms with Gasteiger partial charge in [-0.05, 0) is 49.1 Å². The number of hydrogen-bond donors (Lipinski definition) is 1. The summed E-state index contributed by atoms with van der Waals surface area (Å²) in [6.45, 7) is 4.40. The van der Waals surface area contributed by atoms with Crippen LogP contribution in [0, 0.1) is 18.7 Å². The van der Waals surface area contributed by atoms with Crippen LogP contribution in [0.25, 0.3) is 0 Å². The van der Waals surface area contributed by atoms with E-state index >= 15 is 0 Å². The van der Waals surface area contributed by atoms with E-state index in [0.29, 0.717) is 23.0 Å². The van der Waals surface area contributed by atoms with Gasteiger partial charge in [-0.25, -0.2) is 4.39 Å². The number of aryl methyl sites for hydroxylation is 1.